The zero-order chi connectivity index (χ0) is 23.2. The summed E-state index contributed by atoms with van der Waals surface area (Å²) < 4.78 is 6.65. The van der Waals surface area contributed by atoms with Crippen molar-refractivity contribution in [1.29, 1.82) is 5.26 Å². The third kappa shape index (κ3) is 4.70. The number of fused-ring (bicyclic) bond motifs is 1. The number of carbonyl (C=O) groups is 2. The van der Waals surface area contributed by atoms with Gasteiger partial charge in [-0.3, -0.25) is 9.59 Å². The Morgan fingerprint density at radius 3 is 2.67 bits per heavy atom. The quantitative estimate of drug-likeness (QED) is 0.259. The first-order valence-electron chi connectivity index (χ1n) is 10.1. The Bertz CT molecular complexity index is 1330. The fraction of sp³-hybridized carbons (Fsp3) is 0.182. The van der Waals surface area contributed by atoms with Gasteiger partial charge in [0.25, 0.3) is 0 Å². The normalized spacial score (nSPS) is 10.7. The molecule has 2 aromatic carbocycles. The molecule has 1 amide bonds. The molecule has 0 aliphatic heterocycles. The number of carbonyl (C=O) groups excluding carboxylic acids is 2. The molecule has 0 unspecified atom stereocenters. The minimum atomic E-state index is -0.316. The number of rotatable bonds is 9. The van der Waals surface area contributed by atoms with Crippen LogP contribution in [0.1, 0.15) is 16.8 Å². The molecule has 11 heteroatoms. The number of hydrogen-bond donors (Lipinski definition) is 3. The number of nitrogens with one attached hydrogen (secondary N) is 2. The monoisotopic (exact) mass is 444 g/mol. The average molecular weight is 444 g/mol. The Balaban J connectivity index is 1.64. The van der Waals surface area contributed by atoms with Crippen LogP contribution in [0.5, 0.6) is 0 Å². The molecule has 0 saturated heterocycles. The second-order valence-corrected chi connectivity index (χ2v) is 7.06. The summed E-state index contributed by atoms with van der Waals surface area (Å²) >= 11 is 0. The Morgan fingerprint density at radius 2 is 1.91 bits per heavy atom. The molecule has 4 N–H and O–H groups in total. The Kier molecular flexibility index (Phi) is 6.38. The maximum atomic E-state index is 13.1. The summed E-state index contributed by atoms with van der Waals surface area (Å²) in [6.07, 6.45) is 0.281. The molecule has 0 atom stereocenters. The SMILES string of the molecule is N#CCCNc1nonc1-c1nc2ccccc2n1CC(=O)c1ccc(NC(=O)CN)cc1. The van der Waals surface area contributed by atoms with Crippen molar-refractivity contribution in [1.82, 2.24) is 19.9 Å². The first-order chi connectivity index (χ1) is 16.1. The molecule has 0 fully saturated rings. The number of hydrogen-bond acceptors (Lipinski definition) is 9. The van der Waals surface area contributed by atoms with Crippen molar-refractivity contribution in [2.24, 2.45) is 5.73 Å². The van der Waals surface area contributed by atoms with Crippen molar-refractivity contribution in [2.45, 2.75) is 13.0 Å². The van der Waals surface area contributed by atoms with Crippen LogP contribution in [0, 0.1) is 11.3 Å². The molecule has 11 nitrogen and oxygen atoms in total. The highest BCUT2D eigenvalue weighted by molar-refractivity contribution is 5.98. The van der Waals surface area contributed by atoms with Crippen molar-refractivity contribution in [2.75, 3.05) is 23.7 Å². The van der Waals surface area contributed by atoms with Crippen LogP contribution in [-0.2, 0) is 11.3 Å². The molecule has 2 heterocycles. The maximum Gasteiger partial charge on any atom is 0.238 e. The van der Waals surface area contributed by atoms with Crippen LogP contribution in [0.15, 0.2) is 53.2 Å². The molecular weight excluding hydrogens is 424 g/mol. The summed E-state index contributed by atoms with van der Waals surface area (Å²) in [6.45, 7) is 0.236. The van der Waals surface area contributed by atoms with Gasteiger partial charge >= 0.3 is 0 Å². The molecule has 0 aliphatic rings. The van der Waals surface area contributed by atoms with E-state index in [1.807, 2.05) is 30.3 Å². The molecule has 0 radical (unpaired) electrons. The van der Waals surface area contributed by atoms with E-state index >= 15 is 0 Å². The van der Waals surface area contributed by atoms with Gasteiger partial charge in [0.05, 0.1) is 36.6 Å². The van der Waals surface area contributed by atoms with Gasteiger partial charge in [-0.2, -0.15) is 5.26 Å². The lowest BCUT2D eigenvalue weighted by atomic mass is 10.1. The summed E-state index contributed by atoms with van der Waals surface area (Å²) in [5, 5.41) is 22.3. The van der Waals surface area contributed by atoms with Crippen molar-refractivity contribution in [3.05, 3.63) is 54.1 Å². The first kappa shape index (κ1) is 21.7. The number of Topliss-reactive ketones (excluding diaryl/α,β-unsaturated/α-hetero) is 1. The number of amides is 1. The Morgan fingerprint density at radius 1 is 1.12 bits per heavy atom. The lowest BCUT2D eigenvalue weighted by molar-refractivity contribution is -0.114. The standard InChI is InChI=1S/C22H20N8O3/c23-10-3-11-25-21-20(28-33-29-21)22-27-16-4-1-2-5-17(16)30(22)13-18(31)14-6-8-15(9-7-14)26-19(32)12-24/h1-2,4-9H,3,11-13,24H2,(H,25,29)(H,26,32). The van der Waals surface area contributed by atoms with E-state index in [1.165, 1.54) is 0 Å². The van der Waals surface area contributed by atoms with E-state index in [0.717, 1.165) is 5.52 Å². The van der Waals surface area contributed by atoms with Gasteiger partial charge in [-0.05, 0) is 46.7 Å². The largest absolute Gasteiger partial charge is 0.364 e. The van der Waals surface area contributed by atoms with Crippen LogP contribution in [-0.4, -0.2) is 44.6 Å². The van der Waals surface area contributed by atoms with E-state index in [4.69, 9.17) is 15.6 Å². The number of ketones is 1. The van der Waals surface area contributed by atoms with Crippen molar-refractivity contribution in [3.8, 4) is 17.6 Å². The van der Waals surface area contributed by atoms with Gasteiger partial charge in [0, 0.05) is 17.8 Å². The average Bonchev–Trinajstić information content (AvgIpc) is 3.44. The Labute approximate surface area is 188 Å². The zero-order valence-corrected chi connectivity index (χ0v) is 17.5. The van der Waals surface area contributed by atoms with Gasteiger partial charge in [0.1, 0.15) is 0 Å². The molecule has 33 heavy (non-hydrogen) atoms. The highest BCUT2D eigenvalue weighted by Gasteiger charge is 2.22. The van der Waals surface area contributed by atoms with Gasteiger partial charge in [-0.15, -0.1) is 0 Å². The van der Waals surface area contributed by atoms with Crippen molar-refractivity contribution in [3.63, 3.8) is 0 Å². The third-order valence-corrected chi connectivity index (χ3v) is 4.86. The minimum Gasteiger partial charge on any atom is -0.364 e. The summed E-state index contributed by atoms with van der Waals surface area (Å²) in [5.74, 6) is 0.280. The van der Waals surface area contributed by atoms with Crippen LogP contribution >= 0.6 is 0 Å². The highest BCUT2D eigenvalue weighted by Crippen LogP contribution is 2.28. The summed E-state index contributed by atoms with van der Waals surface area (Å²) in [5.41, 5.74) is 8.11. The molecule has 4 aromatic rings. The lowest BCUT2D eigenvalue weighted by Gasteiger charge is -2.09. The molecule has 0 spiro atoms. The predicted molar refractivity (Wildman–Crippen MR) is 120 cm³/mol. The lowest BCUT2D eigenvalue weighted by Crippen LogP contribution is -2.21. The van der Waals surface area contributed by atoms with Crippen LogP contribution in [0.3, 0.4) is 0 Å². The summed E-state index contributed by atoms with van der Waals surface area (Å²) in [7, 11) is 0. The minimum absolute atomic E-state index is 0.00511. The van der Waals surface area contributed by atoms with Crippen molar-refractivity contribution >= 4 is 34.2 Å². The first-order valence-corrected chi connectivity index (χ1v) is 10.1. The second-order valence-electron chi connectivity index (χ2n) is 7.06. The van der Waals surface area contributed by atoms with Gasteiger partial charge in [0.15, 0.2) is 17.3 Å². The van der Waals surface area contributed by atoms with Crippen LogP contribution < -0.4 is 16.4 Å². The topological polar surface area (TPSA) is 165 Å². The number of anilines is 2. The highest BCUT2D eigenvalue weighted by atomic mass is 16.6. The van der Waals surface area contributed by atoms with Crippen LogP contribution in [0.2, 0.25) is 0 Å². The molecule has 4 rings (SSSR count). The van der Waals surface area contributed by atoms with E-state index < -0.39 is 0 Å². The summed E-state index contributed by atoms with van der Waals surface area (Å²) in [6, 6.07) is 16.0. The number of para-hydroxylation sites is 2. The molecule has 0 aliphatic carbocycles. The predicted octanol–water partition coefficient (Wildman–Crippen LogP) is 2.19. The summed E-state index contributed by atoms with van der Waals surface area (Å²) in [4.78, 5) is 29.2. The molecule has 0 bridgehead atoms. The van der Waals surface area contributed by atoms with Gasteiger partial charge in [-0.1, -0.05) is 12.1 Å². The van der Waals surface area contributed by atoms with Crippen LogP contribution in [0.25, 0.3) is 22.6 Å². The molecule has 166 valence electrons. The number of nitrogens with zero attached hydrogens (tertiary/aromatic N) is 5. The second kappa shape index (κ2) is 9.71. The molecule has 2 aromatic heterocycles. The Hall–Kier alpha value is -4.56. The molecule has 0 saturated carbocycles. The zero-order valence-electron chi connectivity index (χ0n) is 17.5. The number of nitrogens with two attached hydrogens (primary N) is 1. The molecular formula is C22H20N8O3. The van der Waals surface area contributed by atoms with Gasteiger partial charge in [0.2, 0.25) is 11.7 Å². The fourth-order valence-corrected chi connectivity index (χ4v) is 3.29. The van der Waals surface area contributed by atoms with Gasteiger partial charge < -0.3 is 20.9 Å². The third-order valence-electron chi connectivity index (χ3n) is 4.86. The number of nitriles is 1. The van der Waals surface area contributed by atoms with E-state index in [-0.39, 0.29) is 31.2 Å². The van der Waals surface area contributed by atoms with E-state index in [1.54, 1.807) is 28.8 Å². The van der Waals surface area contributed by atoms with E-state index in [2.05, 4.69) is 25.9 Å². The van der Waals surface area contributed by atoms with E-state index in [9.17, 15) is 9.59 Å². The van der Waals surface area contributed by atoms with Gasteiger partial charge in [-0.25, -0.2) is 9.61 Å². The van der Waals surface area contributed by atoms with Crippen LogP contribution in [0.4, 0.5) is 11.5 Å². The van der Waals surface area contributed by atoms with E-state index in [0.29, 0.717) is 40.6 Å². The smallest absolute Gasteiger partial charge is 0.238 e. The maximum absolute atomic E-state index is 13.1. The number of benzene rings is 2. The van der Waals surface area contributed by atoms with Crippen molar-refractivity contribution < 1.29 is 14.2 Å². The number of aromatic nitrogens is 4. The number of imidazole rings is 1. The fourth-order valence-electron chi connectivity index (χ4n) is 3.29.